The minimum atomic E-state index is -0.906. The molecule has 0 aliphatic carbocycles. The Morgan fingerprint density at radius 3 is 2.62 bits per heavy atom. The van der Waals surface area contributed by atoms with Gasteiger partial charge in [-0.2, -0.15) is 0 Å². The molecule has 2 heterocycles. The molecule has 2 atom stereocenters. The summed E-state index contributed by atoms with van der Waals surface area (Å²) in [6, 6.07) is -0.454. The van der Waals surface area contributed by atoms with Gasteiger partial charge in [-0.15, -0.1) is 0 Å². The van der Waals surface area contributed by atoms with E-state index in [4.69, 9.17) is 0 Å². The van der Waals surface area contributed by atoms with Gasteiger partial charge in [-0.05, 0) is 26.2 Å². The lowest BCUT2D eigenvalue weighted by Gasteiger charge is -2.34. The first-order valence-corrected chi connectivity index (χ1v) is 7.32. The Labute approximate surface area is 124 Å². The summed E-state index contributed by atoms with van der Waals surface area (Å²) in [5, 5.41) is 12.4. The summed E-state index contributed by atoms with van der Waals surface area (Å²) in [7, 11) is 0. The molecule has 0 spiro atoms. The third kappa shape index (κ3) is 3.18. The Morgan fingerprint density at radius 1 is 1.43 bits per heavy atom. The zero-order valence-electron chi connectivity index (χ0n) is 12.8. The first-order valence-electron chi connectivity index (χ1n) is 7.32. The molecule has 7 heteroatoms. The Hall–Kier alpha value is -1.63. The van der Waals surface area contributed by atoms with E-state index in [9.17, 15) is 19.5 Å². The van der Waals surface area contributed by atoms with Gasteiger partial charge < -0.3 is 15.3 Å². The highest BCUT2D eigenvalue weighted by molar-refractivity contribution is 6.06. The number of aliphatic hydroxyl groups is 1. The van der Waals surface area contributed by atoms with Crippen molar-refractivity contribution in [2.24, 2.45) is 5.92 Å². The third-order valence-corrected chi connectivity index (χ3v) is 4.27. The highest BCUT2D eigenvalue weighted by atomic mass is 16.3. The highest BCUT2D eigenvalue weighted by Gasteiger charge is 2.44. The van der Waals surface area contributed by atoms with Gasteiger partial charge in [0.25, 0.3) is 5.91 Å². The number of hydrogen-bond acceptors (Lipinski definition) is 4. The molecule has 2 N–H and O–H groups in total. The lowest BCUT2D eigenvalue weighted by atomic mass is 9.96. The normalized spacial score (nSPS) is 28.8. The van der Waals surface area contributed by atoms with Gasteiger partial charge in [0.15, 0.2) is 0 Å². The van der Waals surface area contributed by atoms with Gasteiger partial charge in [0.05, 0.1) is 6.10 Å². The number of carbonyl (C=O) groups excluding carboxylic acids is 3. The molecular weight excluding hydrogens is 274 g/mol. The second-order valence-electron chi connectivity index (χ2n) is 6.44. The smallest absolute Gasteiger partial charge is 0.325 e. The van der Waals surface area contributed by atoms with Crippen LogP contribution in [0.2, 0.25) is 0 Å². The summed E-state index contributed by atoms with van der Waals surface area (Å²) >= 11 is 0. The fourth-order valence-corrected chi connectivity index (χ4v) is 2.66. The van der Waals surface area contributed by atoms with Crippen LogP contribution in [0.25, 0.3) is 0 Å². The van der Waals surface area contributed by atoms with Crippen molar-refractivity contribution in [1.29, 1.82) is 0 Å². The van der Waals surface area contributed by atoms with Gasteiger partial charge in [-0.1, -0.05) is 6.92 Å². The standard InChI is InChI=1S/C14H23N3O4/c1-9-4-6-16(8-10(9)18)11(19)5-7-17-12(20)14(2,3)15-13(17)21/h9-10,18H,4-8H2,1-3H3,(H,15,21). The number of piperidine rings is 1. The number of nitrogens with zero attached hydrogens (tertiary/aromatic N) is 2. The van der Waals surface area contributed by atoms with Gasteiger partial charge in [0, 0.05) is 26.1 Å². The van der Waals surface area contributed by atoms with E-state index < -0.39 is 17.7 Å². The van der Waals surface area contributed by atoms with E-state index in [0.717, 1.165) is 11.3 Å². The minimum absolute atomic E-state index is 0.0785. The maximum Gasteiger partial charge on any atom is 0.325 e. The molecule has 2 rings (SSSR count). The van der Waals surface area contributed by atoms with Crippen LogP contribution < -0.4 is 5.32 Å². The van der Waals surface area contributed by atoms with E-state index in [1.165, 1.54) is 0 Å². The minimum Gasteiger partial charge on any atom is -0.391 e. The number of carbonyl (C=O) groups is 3. The molecular formula is C14H23N3O4. The molecule has 118 valence electrons. The molecule has 4 amide bonds. The summed E-state index contributed by atoms with van der Waals surface area (Å²) < 4.78 is 0. The number of β-amino-alcohol motifs (C(OH)–C–C–N with tert-alkyl or cyclic N) is 1. The second kappa shape index (κ2) is 5.63. The van der Waals surface area contributed by atoms with Crippen molar-refractivity contribution in [1.82, 2.24) is 15.1 Å². The van der Waals surface area contributed by atoms with Crippen LogP contribution in [0.5, 0.6) is 0 Å². The first-order chi connectivity index (χ1) is 9.72. The molecule has 2 fully saturated rings. The Kier molecular flexibility index (Phi) is 4.22. The lowest BCUT2D eigenvalue weighted by molar-refractivity contribution is -0.136. The molecule has 0 aromatic carbocycles. The quantitative estimate of drug-likeness (QED) is 0.714. The molecule has 2 aliphatic heterocycles. The van der Waals surface area contributed by atoms with Crippen LogP contribution in [0.1, 0.15) is 33.6 Å². The zero-order chi connectivity index (χ0) is 15.8. The highest BCUT2D eigenvalue weighted by Crippen LogP contribution is 2.19. The number of nitrogens with one attached hydrogen (secondary N) is 1. The van der Waals surface area contributed by atoms with E-state index in [1.54, 1.807) is 18.7 Å². The van der Waals surface area contributed by atoms with Crippen molar-refractivity contribution in [2.45, 2.75) is 45.3 Å². The van der Waals surface area contributed by atoms with Gasteiger partial charge in [-0.25, -0.2) is 4.79 Å². The monoisotopic (exact) mass is 297 g/mol. The van der Waals surface area contributed by atoms with E-state index in [1.807, 2.05) is 6.92 Å². The largest absolute Gasteiger partial charge is 0.391 e. The average Bonchev–Trinajstić information content (AvgIpc) is 2.59. The predicted molar refractivity (Wildman–Crippen MR) is 75.3 cm³/mol. The second-order valence-corrected chi connectivity index (χ2v) is 6.44. The maximum absolute atomic E-state index is 12.1. The Morgan fingerprint density at radius 2 is 2.10 bits per heavy atom. The number of aliphatic hydroxyl groups excluding tert-OH is 1. The van der Waals surface area contributed by atoms with Crippen LogP contribution in [0.4, 0.5) is 4.79 Å². The molecule has 7 nitrogen and oxygen atoms in total. The number of likely N-dealkylation sites (tertiary alicyclic amines) is 1. The van der Waals surface area contributed by atoms with Crippen LogP contribution in [0.15, 0.2) is 0 Å². The van der Waals surface area contributed by atoms with Crippen LogP contribution in [-0.2, 0) is 9.59 Å². The van der Waals surface area contributed by atoms with E-state index in [0.29, 0.717) is 13.1 Å². The topological polar surface area (TPSA) is 90.0 Å². The first kappa shape index (κ1) is 15.8. The van der Waals surface area contributed by atoms with Gasteiger partial charge in [0.1, 0.15) is 5.54 Å². The number of hydrogen-bond donors (Lipinski definition) is 2. The van der Waals surface area contributed by atoms with Crippen LogP contribution in [0.3, 0.4) is 0 Å². The number of imide groups is 1. The Balaban J connectivity index is 1.87. The van der Waals surface area contributed by atoms with Crippen molar-refractivity contribution in [2.75, 3.05) is 19.6 Å². The van der Waals surface area contributed by atoms with Crippen molar-refractivity contribution in [3.05, 3.63) is 0 Å². The van der Waals surface area contributed by atoms with Crippen LogP contribution >= 0.6 is 0 Å². The molecule has 2 saturated heterocycles. The summed E-state index contributed by atoms with van der Waals surface area (Å²) in [5.41, 5.74) is -0.906. The molecule has 0 saturated carbocycles. The van der Waals surface area contributed by atoms with E-state index in [-0.39, 0.29) is 30.7 Å². The zero-order valence-corrected chi connectivity index (χ0v) is 12.8. The fraction of sp³-hybridized carbons (Fsp3) is 0.786. The third-order valence-electron chi connectivity index (χ3n) is 4.27. The lowest BCUT2D eigenvalue weighted by Crippen LogP contribution is -2.47. The van der Waals surface area contributed by atoms with E-state index in [2.05, 4.69) is 5.32 Å². The number of amides is 4. The summed E-state index contributed by atoms with van der Waals surface area (Å²) in [6.07, 6.45) is 0.359. The van der Waals surface area contributed by atoms with Crippen LogP contribution in [-0.4, -0.2) is 64.0 Å². The summed E-state index contributed by atoms with van der Waals surface area (Å²) in [6.45, 7) is 6.25. The SMILES string of the molecule is CC1CCN(C(=O)CCN2C(=O)NC(C)(C)C2=O)CC1O. The molecule has 2 unspecified atom stereocenters. The molecule has 0 aromatic rings. The van der Waals surface area contributed by atoms with E-state index >= 15 is 0 Å². The number of urea groups is 1. The van der Waals surface area contributed by atoms with Crippen molar-refractivity contribution in [3.8, 4) is 0 Å². The molecule has 0 bridgehead atoms. The van der Waals surface area contributed by atoms with Gasteiger partial charge in [0.2, 0.25) is 5.91 Å². The molecule has 21 heavy (non-hydrogen) atoms. The van der Waals surface area contributed by atoms with Crippen LogP contribution in [0, 0.1) is 5.92 Å². The molecule has 0 aromatic heterocycles. The van der Waals surface area contributed by atoms with Crippen molar-refractivity contribution >= 4 is 17.8 Å². The molecule has 0 radical (unpaired) electrons. The summed E-state index contributed by atoms with van der Waals surface area (Å²) in [4.78, 5) is 38.5. The fourth-order valence-electron chi connectivity index (χ4n) is 2.66. The average molecular weight is 297 g/mol. The van der Waals surface area contributed by atoms with Crippen molar-refractivity contribution in [3.63, 3.8) is 0 Å². The number of rotatable bonds is 3. The van der Waals surface area contributed by atoms with Gasteiger partial charge >= 0.3 is 6.03 Å². The Bertz CT molecular complexity index is 463. The van der Waals surface area contributed by atoms with Gasteiger partial charge in [-0.3, -0.25) is 14.5 Å². The van der Waals surface area contributed by atoms with Crippen molar-refractivity contribution < 1.29 is 19.5 Å². The predicted octanol–water partition coefficient (Wildman–Crippen LogP) is -0.0638. The maximum atomic E-state index is 12.1. The molecule has 2 aliphatic rings. The summed E-state index contributed by atoms with van der Waals surface area (Å²) in [5.74, 6) is -0.250.